The molecule has 170 valence electrons. The van der Waals surface area contributed by atoms with Crippen LogP contribution in [-0.2, 0) is 5.00 Å². The first-order valence-corrected chi connectivity index (χ1v) is 12.1. The molecule has 0 aliphatic carbocycles. The Morgan fingerprint density at radius 2 is 1.64 bits per heavy atom. The summed E-state index contributed by atoms with van der Waals surface area (Å²) in [5.74, 6) is 1.04. The van der Waals surface area contributed by atoms with E-state index in [1.54, 1.807) is 0 Å². The number of alkyl halides is 1. The van der Waals surface area contributed by atoms with Gasteiger partial charge in [0.2, 0.25) is 6.29 Å². The van der Waals surface area contributed by atoms with Gasteiger partial charge >= 0.3 is 5.91 Å². The molecule has 8 nitrogen and oxygen atoms in total. The molecule has 1 unspecified atom stereocenters. The molecule has 2 aromatic carbocycles. The second kappa shape index (κ2) is 8.92. The Balaban J connectivity index is 1.79. The Morgan fingerprint density at radius 3 is 2.24 bits per heavy atom. The minimum atomic E-state index is -2.23. The van der Waals surface area contributed by atoms with Crippen molar-refractivity contribution in [1.82, 2.24) is 14.7 Å². The Kier molecular flexibility index (Phi) is 5.98. The molecule has 0 spiro atoms. The topological polar surface area (TPSA) is 103 Å². The van der Waals surface area contributed by atoms with Gasteiger partial charge in [-0.25, -0.2) is 0 Å². The van der Waals surface area contributed by atoms with E-state index in [0.29, 0.717) is 17.0 Å². The van der Waals surface area contributed by atoms with Crippen LogP contribution in [0, 0.1) is 0 Å². The number of hydrogen-bond donors (Lipinski definition) is 3. The van der Waals surface area contributed by atoms with Crippen LogP contribution < -0.4 is 5.43 Å². The molecule has 0 radical (unpaired) electrons. The quantitative estimate of drug-likeness (QED) is 0.298. The van der Waals surface area contributed by atoms with Crippen molar-refractivity contribution in [3.63, 3.8) is 0 Å². The van der Waals surface area contributed by atoms with E-state index in [1.165, 1.54) is 0 Å². The van der Waals surface area contributed by atoms with Gasteiger partial charge in [-0.15, -0.1) is 0 Å². The molecular weight excluding hydrogens is 462 g/mol. The Bertz CT molecular complexity index is 1200. The maximum absolute atomic E-state index is 12.7. The second-order valence-corrected chi connectivity index (χ2v) is 9.49. The maximum atomic E-state index is 12.7. The highest BCUT2D eigenvalue weighted by atomic mass is 35.5. The molecule has 5 rings (SSSR count). The fraction of sp³-hybridized carbons (Fsp3) is 0.261. The first-order valence-electron chi connectivity index (χ1n) is 10.5. The number of fused-ring (bicyclic) bond motifs is 1. The van der Waals surface area contributed by atoms with E-state index in [9.17, 15) is 15.0 Å². The van der Waals surface area contributed by atoms with Crippen LogP contribution in [0.15, 0.2) is 65.8 Å². The summed E-state index contributed by atoms with van der Waals surface area (Å²) in [5, 5.41) is 28.3. The number of nitrogens with zero attached hydrogens (tertiary/aromatic N) is 4. The predicted octanol–water partition coefficient (Wildman–Crippen LogP) is 2.77. The molecular formula is C23H22ClN5O3S. The summed E-state index contributed by atoms with van der Waals surface area (Å²) < 4.78 is 0.948. The molecule has 3 heterocycles. The summed E-state index contributed by atoms with van der Waals surface area (Å²) in [5.41, 5.74) is 6.15. The minimum absolute atomic E-state index is 0.222. The monoisotopic (exact) mass is 483 g/mol. The summed E-state index contributed by atoms with van der Waals surface area (Å²) in [7, 11) is 0. The number of aliphatic hydroxyl groups is 2. The number of carbonyl (C=O) groups excluding carboxylic acids is 1. The van der Waals surface area contributed by atoms with E-state index in [1.807, 2.05) is 72.4 Å². The van der Waals surface area contributed by atoms with Crippen molar-refractivity contribution < 1.29 is 15.0 Å². The molecule has 1 atom stereocenters. The minimum Gasteiger partial charge on any atom is -0.361 e. The van der Waals surface area contributed by atoms with Crippen molar-refractivity contribution in [2.75, 3.05) is 30.0 Å². The highest BCUT2D eigenvalue weighted by Gasteiger charge is 2.50. The van der Waals surface area contributed by atoms with E-state index >= 15 is 0 Å². The van der Waals surface area contributed by atoms with Crippen molar-refractivity contribution in [3.05, 3.63) is 71.8 Å². The lowest BCUT2D eigenvalue weighted by Gasteiger charge is -2.43. The van der Waals surface area contributed by atoms with Gasteiger partial charge in [0.25, 0.3) is 0 Å². The number of halogens is 1. The number of nitrogens with one attached hydrogen (secondary N) is 1. The number of benzene rings is 2. The van der Waals surface area contributed by atoms with Crippen molar-refractivity contribution in [1.29, 1.82) is 0 Å². The summed E-state index contributed by atoms with van der Waals surface area (Å²) >= 11 is 9.45. The maximum Gasteiger partial charge on any atom is 0.305 e. The number of carbonyl (C=O) groups is 1. The summed E-state index contributed by atoms with van der Waals surface area (Å²) in [6.07, 6.45) is -2.23. The number of aromatic nitrogens is 2. The molecule has 0 saturated carbocycles. The third-order valence-corrected chi connectivity index (χ3v) is 7.32. The lowest BCUT2D eigenvalue weighted by Crippen LogP contribution is -2.53. The highest BCUT2D eigenvalue weighted by Crippen LogP contribution is 2.48. The van der Waals surface area contributed by atoms with Gasteiger partial charge in [0, 0.05) is 35.7 Å². The van der Waals surface area contributed by atoms with E-state index in [4.69, 9.17) is 11.6 Å². The van der Waals surface area contributed by atoms with Crippen LogP contribution >= 0.6 is 23.4 Å². The van der Waals surface area contributed by atoms with Crippen molar-refractivity contribution in [2.45, 2.75) is 11.3 Å². The molecule has 33 heavy (non-hydrogen) atoms. The van der Waals surface area contributed by atoms with Crippen LogP contribution in [0.4, 0.5) is 5.82 Å². The van der Waals surface area contributed by atoms with E-state index in [2.05, 4.69) is 20.5 Å². The zero-order chi connectivity index (χ0) is 23.0. The molecule has 2 aliphatic rings. The fourth-order valence-corrected chi connectivity index (χ4v) is 5.64. The number of hydrazone groups is 1. The molecule has 10 heteroatoms. The molecule has 1 aromatic heterocycles. The first-order chi connectivity index (χ1) is 16.0. The van der Waals surface area contributed by atoms with Gasteiger partial charge in [-0.2, -0.15) is 26.6 Å². The van der Waals surface area contributed by atoms with Crippen molar-refractivity contribution in [3.8, 4) is 11.3 Å². The van der Waals surface area contributed by atoms with Gasteiger partial charge in [0.1, 0.15) is 11.4 Å². The summed E-state index contributed by atoms with van der Waals surface area (Å²) in [6, 6.07) is 19.0. The van der Waals surface area contributed by atoms with Gasteiger partial charge in [-0.1, -0.05) is 72.3 Å². The van der Waals surface area contributed by atoms with Crippen LogP contribution in [0.25, 0.3) is 11.3 Å². The Morgan fingerprint density at radius 1 is 1.03 bits per heavy atom. The van der Waals surface area contributed by atoms with Crippen molar-refractivity contribution >= 4 is 40.8 Å². The summed E-state index contributed by atoms with van der Waals surface area (Å²) in [6.45, 7) is 1.44. The standard InChI is InChI=1S/C23H22ClN5O3S/c24-23(28-11-13-33-14-12-28)17-18(15-7-3-1-4-8-15)27-29(21(30)22(31)32)20(17)26-25-19(23)16-9-5-2-6-10-16/h1-10,22,26,31-32H,11-14H2. The van der Waals surface area contributed by atoms with E-state index < -0.39 is 17.2 Å². The average molecular weight is 484 g/mol. The first kappa shape index (κ1) is 22.1. The number of aliphatic hydroxyl groups excluding tert-OH is 1. The second-order valence-electron chi connectivity index (χ2n) is 7.72. The van der Waals surface area contributed by atoms with Crippen LogP contribution in [-0.4, -0.2) is 67.4 Å². The van der Waals surface area contributed by atoms with E-state index in [-0.39, 0.29) is 5.82 Å². The zero-order valence-electron chi connectivity index (χ0n) is 17.6. The SMILES string of the molecule is O=C(C(O)O)n1nc(-c2ccccc2)c2c1NN=C(c1ccccc1)C2(Cl)N1CCSCC1. The van der Waals surface area contributed by atoms with Gasteiger partial charge in [-0.05, 0) is 0 Å². The van der Waals surface area contributed by atoms with Crippen LogP contribution in [0.3, 0.4) is 0 Å². The molecule has 3 aromatic rings. The van der Waals surface area contributed by atoms with Crippen LogP contribution in [0.2, 0.25) is 0 Å². The smallest absolute Gasteiger partial charge is 0.305 e. The Hall–Kier alpha value is -2.69. The molecule has 1 saturated heterocycles. The third kappa shape index (κ3) is 3.75. The van der Waals surface area contributed by atoms with Crippen molar-refractivity contribution in [2.24, 2.45) is 5.10 Å². The number of thioether (sulfide) groups is 1. The molecule has 2 aliphatic heterocycles. The number of anilines is 1. The number of hydrogen-bond acceptors (Lipinski definition) is 8. The van der Waals surface area contributed by atoms with Crippen LogP contribution in [0.1, 0.15) is 15.9 Å². The van der Waals surface area contributed by atoms with Gasteiger partial charge in [0.15, 0.2) is 10.8 Å². The molecule has 3 N–H and O–H groups in total. The lowest BCUT2D eigenvalue weighted by molar-refractivity contribution is -0.0272. The summed E-state index contributed by atoms with van der Waals surface area (Å²) in [4.78, 5) is 13.6. The Labute approximate surface area is 199 Å². The fourth-order valence-electron chi connectivity index (χ4n) is 4.23. The van der Waals surface area contributed by atoms with Gasteiger partial charge < -0.3 is 10.2 Å². The zero-order valence-corrected chi connectivity index (χ0v) is 19.1. The molecule has 0 bridgehead atoms. The molecule has 0 amide bonds. The normalized spacial score (nSPS) is 20.8. The highest BCUT2D eigenvalue weighted by molar-refractivity contribution is 7.99. The third-order valence-electron chi connectivity index (χ3n) is 5.78. The largest absolute Gasteiger partial charge is 0.361 e. The van der Waals surface area contributed by atoms with Gasteiger partial charge in [0.05, 0.1) is 5.56 Å². The number of rotatable bonds is 4. The van der Waals surface area contributed by atoms with Gasteiger partial charge in [-0.3, -0.25) is 15.1 Å². The molecule has 1 fully saturated rings. The average Bonchev–Trinajstić information content (AvgIpc) is 3.26. The lowest BCUT2D eigenvalue weighted by atomic mass is 9.90. The van der Waals surface area contributed by atoms with E-state index in [0.717, 1.165) is 40.4 Å². The predicted molar refractivity (Wildman–Crippen MR) is 130 cm³/mol. The van der Waals surface area contributed by atoms with Crippen LogP contribution in [0.5, 0.6) is 0 Å².